The van der Waals surface area contributed by atoms with E-state index in [4.69, 9.17) is 4.74 Å². The second-order valence-corrected chi connectivity index (χ2v) is 7.63. The molecule has 4 aromatic rings. The highest BCUT2D eigenvalue weighted by Crippen LogP contribution is 2.23. The standard InChI is InChI=1S/C28H22N4O2/c29-16-21-8-1-2-9-23(21)19-34-27-12-6-3-7-20(27)15-24(17-30)28(33)31-14-13-22-18-32-26-11-5-4-10-25(22)26/h1-12,15,18,32H,13-14,19H2,(H,31,33)/b24-15-. The van der Waals surface area contributed by atoms with E-state index in [1.54, 1.807) is 24.3 Å². The molecule has 6 nitrogen and oxygen atoms in total. The normalized spacial score (nSPS) is 10.9. The average Bonchev–Trinajstić information content (AvgIpc) is 3.29. The SMILES string of the molecule is N#C/C(=C/c1ccccc1OCc1ccccc1C#N)C(=O)NCCc1c[nH]c2ccccc12. The van der Waals surface area contributed by atoms with E-state index in [0.717, 1.165) is 22.0 Å². The topological polar surface area (TPSA) is 102 Å². The Balaban J connectivity index is 1.43. The lowest BCUT2D eigenvalue weighted by Crippen LogP contribution is -2.26. The highest BCUT2D eigenvalue weighted by Gasteiger charge is 2.12. The quantitative estimate of drug-likeness (QED) is 0.297. The molecule has 0 spiro atoms. The van der Waals surface area contributed by atoms with Crippen molar-refractivity contribution < 1.29 is 9.53 Å². The number of H-pyrrole nitrogens is 1. The molecule has 0 saturated heterocycles. The van der Waals surface area contributed by atoms with Crippen LogP contribution in [0.2, 0.25) is 0 Å². The highest BCUT2D eigenvalue weighted by molar-refractivity contribution is 6.02. The van der Waals surface area contributed by atoms with Gasteiger partial charge < -0.3 is 15.0 Å². The van der Waals surface area contributed by atoms with Crippen LogP contribution in [0.15, 0.2) is 84.6 Å². The van der Waals surface area contributed by atoms with Gasteiger partial charge in [-0.25, -0.2) is 0 Å². The van der Waals surface area contributed by atoms with Crippen molar-refractivity contribution in [3.8, 4) is 17.9 Å². The highest BCUT2D eigenvalue weighted by atomic mass is 16.5. The molecular formula is C28H22N4O2. The van der Waals surface area contributed by atoms with Gasteiger partial charge >= 0.3 is 0 Å². The molecule has 0 unspecified atom stereocenters. The Labute approximate surface area is 197 Å². The Kier molecular flexibility index (Phi) is 7.03. The summed E-state index contributed by atoms with van der Waals surface area (Å²) in [5.74, 6) is 0.0848. The van der Waals surface area contributed by atoms with Crippen LogP contribution in [0.3, 0.4) is 0 Å². The first-order chi connectivity index (χ1) is 16.7. The van der Waals surface area contributed by atoms with Gasteiger partial charge in [-0.05, 0) is 36.3 Å². The number of hydrogen-bond donors (Lipinski definition) is 2. The lowest BCUT2D eigenvalue weighted by atomic mass is 10.1. The predicted octanol–water partition coefficient (Wildman–Crippen LogP) is 4.88. The maximum Gasteiger partial charge on any atom is 0.261 e. The number of aromatic amines is 1. The molecule has 4 rings (SSSR count). The summed E-state index contributed by atoms with van der Waals surface area (Å²) in [6, 6.07) is 26.5. The van der Waals surface area contributed by atoms with Gasteiger partial charge in [0, 0.05) is 34.8 Å². The van der Waals surface area contributed by atoms with E-state index in [1.165, 1.54) is 6.08 Å². The number of carbonyl (C=O) groups excluding carboxylic acids is 1. The molecule has 0 radical (unpaired) electrons. The summed E-state index contributed by atoms with van der Waals surface area (Å²) in [4.78, 5) is 15.9. The second kappa shape index (κ2) is 10.7. The second-order valence-electron chi connectivity index (χ2n) is 7.63. The molecule has 0 fully saturated rings. The molecule has 34 heavy (non-hydrogen) atoms. The maximum atomic E-state index is 12.7. The van der Waals surface area contributed by atoms with Crippen molar-refractivity contribution in [2.45, 2.75) is 13.0 Å². The third kappa shape index (κ3) is 5.15. The van der Waals surface area contributed by atoms with E-state index in [0.29, 0.717) is 29.8 Å². The fraction of sp³-hybridized carbons (Fsp3) is 0.107. The van der Waals surface area contributed by atoms with Crippen LogP contribution >= 0.6 is 0 Å². The van der Waals surface area contributed by atoms with E-state index in [9.17, 15) is 15.3 Å². The number of benzene rings is 3. The largest absolute Gasteiger partial charge is 0.488 e. The van der Waals surface area contributed by atoms with Crippen molar-refractivity contribution in [1.29, 1.82) is 10.5 Å². The summed E-state index contributed by atoms with van der Waals surface area (Å²) in [7, 11) is 0. The first-order valence-electron chi connectivity index (χ1n) is 10.8. The van der Waals surface area contributed by atoms with E-state index in [1.807, 2.05) is 60.8 Å². The lowest BCUT2D eigenvalue weighted by Gasteiger charge is -2.11. The van der Waals surface area contributed by atoms with E-state index in [2.05, 4.69) is 16.4 Å². The van der Waals surface area contributed by atoms with Gasteiger partial charge in [0.15, 0.2) is 0 Å². The van der Waals surface area contributed by atoms with Gasteiger partial charge in [-0.2, -0.15) is 10.5 Å². The van der Waals surface area contributed by atoms with Crippen molar-refractivity contribution in [2.24, 2.45) is 0 Å². The molecule has 3 aromatic carbocycles. The summed E-state index contributed by atoms with van der Waals surface area (Å²) in [6.07, 6.45) is 4.11. The van der Waals surface area contributed by atoms with Gasteiger partial charge in [0.1, 0.15) is 24.0 Å². The molecular weight excluding hydrogens is 424 g/mol. The Bertz CT molecular complexity index is 1440. The van der Waals surface area contributed by atoms with Crippen LogP contribution in [-0.4, -0.2) is 17.4 Å². The monoisotopic (exact) mass is 446 g/mol. The van der Waals surface area contributed by atoms with E-state index < -0.39 is 5.91 Å². The van der Waals surface area contributed by atoms with Crippen LogP contribution < -0.4 is 10.1 Å². The number of nitrogens with zero attached hydrogens (tertiary/aromatic N) is 2. The van der Waals surface area contributed by atoms with E-state index >= 15 is 0 Å². The number of carbonyl (C=O) groups is 1. The van der Waals surface area contributed by atoms with Gasteiger partial charge in [-0.15, -0.1) is 0 Å². The number of para-hydroxylation sites is 2. The number of aromatic nitrogens is 1. The molecule has 2 N–H and O–H groups in total. The Morgan fingerprint density at radius 3 is 2.59 bits per heavy atom. The van der Waals surface area contributed by atoms with Crippen LogP contribution in [-0.2, 0) is 17.8 Å². The zero-order chi connectivity index (χ0) is 23.8. The lowest BCUT2D eigenvalue weighted by molar-refractivity contribution is -0.117. The Hall–Kier alpha value is -4.81. The summed E-state index contributed by atoms with van der Waals surface area (Å²) in [6.45, 7) is 0.607. The van der Waals surface area contributed by atoms with Crippen LogP contribution in [0.4, 0.5) is 0 Å². The van der Waals surface area contributed by atoms with Crippen molar-refractivity contribution in [2.75, 3.05) is 6.54 Å². The molecule has 1 heterocycles. The number of hydrogen-bond acceptors (Lipinski definition) is 4. The van der Waals surface area contributed by atoms with Gasteiger partial charge in [0.05, 0.1) is 11.6 Å². The molecule has 6 heteroatoms. The molecule has 0 atom stereocenters. The Morgan fingerprint density at radius 2 is 1.74 bits per heavy atom. The number of amides is 1. The van der Waals surface area contributed by atoms with Crippen LogP contribution in [0.1, 0.15) is 22.3 Å². The summed E-state index contributed by atoms with van der Waals surface area (Å²) in [5.41, 5.74) is 4.07. The van der Waals surface area contributed by atoms with Gasteiger partial charge in [-0.1, -0.05) is 54.6 Å². The Morgan fingerprint density at radius 1 is 0.971 bits per heavy atom. The van der Waals surface area contributed by atoms with Gasteiger partial charge in [0.25, 0.3) is 5.91 Å². The molecule has 1 amide bonds. The molecule has 0 aliphatic rings. The van der Waals surface area contributed by atoms with Crippen molar-refractivity contribution in [3.63, 3.8) is 0 Å². The first-order valence-corrected chi connectivity index (χ1v) is 10.8. The average molecular weight is 447 g/mol. The number of ether oxygens (including phenoxy) is 1. The molecule has 1 aromatic heterocycles. The summed E-state index contributed by atoms with van der Waals surface area (Å²) in [5, 5.41) is 22.8. The fourth-order valence-electron chi connectivity index (χ4n) is 3.69. The first kappa shape index (κ1) is 22.4. The predicted molar refractivity (Wildman–Crippen MR) is 131 cm³/mol. The number of rotatable bonds is 8. The summed E-state index contributed by atoms with van der Waals surface area (Å²) < 4.78 is 5.92. The number of nitriles is 2. The maximum absolute atomic E-state index is 12.7. The molecule has 0 aliphatic heterocycles. The van der Waals surface area contributed by atoms with Crippen molar-refractivity contribution >= 4 is 22.9 Å². The number of nitrogens with one attached hydrogen (secondary N) is 2. The van der Waals surface area contributed by atoms with Crippen molar-refractivity contribution in [3.05, 3.63) is 107 Å². The van der Waals surface area contributed by atoms with E-state index in [-0.39, 0.29) is 12.2 Å². The van der Waals surface area contributed by atoms with Crippen LogP contribution in [0, 0.1) is 22.7 Å². The van der Waals surface area contributed by atoms with Gasteiger partial charge in [0.2, 0.25) is 0 Å². The zero-order valence-electron chi connectivity index (χ0n) is 18.4. The summed E-state index contributed by atoms with van der Waals surface area (Å²) >= 11 is 0. The smallest absolute Gasteiger partial charge is 0.261 e. The molecule has 0 bridgehead atoms. The van der Waals surface area contributed by atoms with Crippen molar-refractivity contribution in [1.82, 2.24) is 10.3 Å². The number of fused-ring (bicyclic) bond motifs is 1. The third-order valence-electron chi connectivity index (χ3n) is 5.46. The minimum Gasteiger partial charge on any atom is -0.488 e. The zero-order valence-corrected chi connectivity index (χ0v) is 18.4. The van der Waals surface area contributed by atoms with Crippen LogP contribution in [0.5, 0.6) is 5.75 Å². The van der Waals surface area contributed by atoms with Gasteiger partial charge in [-0.3, -0.25) is 4.79 Å². The third-order valence-corrected chi connectivity index (χ3v) is 5.46. The van der Waals surface area contributed by atoms with Crippen LogP contribution in [0.25, 0.3) is 17.0 Å². The molecule has 166 valence electrons. The molecule has 0 aliphatic carbocycles. The fourth-order valence-corrected chi connectivity index (χ4v) is 3.69. The molecule has 0 saturated carbocycles. The minimum absolute atomic E-state index is 0.00704. The minimum atomic E-state index is -0.438.